The summed E-state index contributed by atoms with van der Waals surface area (Å²) in [5.74, 6) is 0.0775. The Hall–Kier alpha value is -3.18. The summed E-state index contributed by atoms with van der Waals surface area (Å²) in [6.07, 6.45) is 0.270. The minimum atomic E-state index is -0.0956. The van der Waals surface area contributed by atoms with Crippen molar-refractivity contribution in [1.82, 2.24) is 20.2 Å². The number of aryl methyl sites for hydroxylation is 1. The molecule has 0 fully saturated rings. The molecule has 3 rings (SSSR count). The van der Waals surface area contributed by atoms with Crippen molar-refractivity contribution in [3.8, 4) is 11.8 Å². The van der Waals surface area contributed by atoms with Crippen LogP contribution in [0.2, 0.25) is 0 Å². The number of para-hydroxylation sites is 1. The normalized spacial score (nSPS) is 10.4. The molecule has 1 aromatic heterocycles. The first kappa shape index (κ1) is 18.6. The number of carbonyl (C=O) groups is 1. The van der Waals surface area contributed by atoms with Gasteiger partial charge in [0.1, 0.15) is 0 Å². The second-order valence-electron chi connectivity index (χ2n) is 5.79. The van der Waals surface area contributed by atoms with E-state index >= 15 is 0 Å². The van der Waals surface area contributed by atoms with Crippen molar-refractivity contribution in [2.24, 2.45) is 0 Å². The zero-order chi connectivity index (χ0) is 19.1. The van der Waals surface area contributed by atoms with E-state index in [9.17, 15) is 4.79 Å². The van der Waals surface area contributed by atoms with E-state index in [1.54, 1.807) is 9.58 Å². The molecule has 0 aliphatic carbocycles. The van der Waals surface area contributed by atoms with Crippen molar-refractivity contribution in [3.05, 3.63) is 60.2 Å². The van der Waals surface area contributed by atoms with Gasteiger partial charge in [0.15, 0.2) is 0 Å². The molecule has 0 N–H and O–H groups in total. The van der Waals surface area contributed by atoms with Gasteiger partial charge in [0.05, 0.1) is 23.9 Å². The molecule has 1 amide bonds. The van der Waals surface area contributed by atoms with Crippen molar-refractivity contribution in [1.29, 1.82) is 5.26 Å². The number of carbonyl (C=O) groups excluding carboxylic acids is 1. The van der Waals surface area contributed by atoms with E-state index in [1.165, 1.54) is 11.8 Å². The Morgan fingerprint density at radius 2 is 1.93 bits per heavy atom. The number of aromatic nitrogens is 4. The summed E-state index contributed by atoms with van der Waals surface area (Å²) < 4.78 is 1.60. The zero-order valence-electron chi connectivity index (χ0n) is 14.8. The van der Waals surface area contributed by atoms with E-state index in [4.69, 9.17) is 5.26 Å². The lowest BCUT2D eigenvalue weighted by molar-refractivity contribution is -0.116. The van der Waals surface area contributed by atoms with Crippen LogP contribution in [0.1, 0.15) is 12.0 Å². The lowest BCUT2D eigenvalue weighted by Gasteiger charge is -2.21. The first-order valence-corrected chi connectivity index (χ1v) is 9.38. The second-order valence-corrected chi connectivity index (χ2v) is 6.73. The number of tetrazole rings is 1. The molecule has 3 aromatic rings. The molecule has 0 saturated heterocycles. The summed E-state index contributed by atoms with van der Waals surface area (Å²) in [5, 5.41) is 21.2. The average molecular weight is 378 g/mol. The molecule has 7 nitrogen and oxygen atoms in total. The van der Waals surface area contributed by atoms with E-state index in [2.05, 4.69) is 21.6 Å². The van der Waals surface area contributed by atoms with Crippen molar-refractivity contribution in [2.75, 3.05) is 17.2 Å². The van der Waals surface area contributed by atoms with Gasteiger partial charge in [0.25, 0.3) is 0 Å². The molecule has 0 aliphatic rings. The summed E-state index contributed by atoms with van der Waals surface area (Å²) >= 11 is 1.27. The standard InChI is InChI=1S/C19H18N6OS/c1-15-8-10-16(11-9-15)24(13-5-12-20)18(26)14-27-19-21-22-23-25(19)17-6-3-2-4-7-17/h2-4,6-11H,5,13-14H2,1H3. The first-order chi connectivity index (χ1) is 13.2. The van der Waals surface area contributed by atoms with E-state index in [0.717, 1.165) is 16.9 Å². The third-order valence-electron chi connectivity index (χ3n) is 3.86. The maximum absolute atomic E-state index is 12.8. The number of rotatable bonds is 7. The van der Waals surface area contributed by atoms with Crippen LogP contribution in [0, 0.1) is 18.3 Å². The van der Waals surface area contributed by atoms with Gasteiger partial charge in [0.2, 0.25) is 11.1 Å². The fourth-order valence-corrected chi connectivity index (χ4v) is 3.26. The smallest absolute Gasteiger partial charge is 0.237 e. The third-order valence-corrected chi connectivity index (χ3v) is 4.76. The van der Waals surface area contributed by atoms with Gasteiger partial charge >= 0.3 is 0 Å². The summed E-state index contributed by atoms with van der Waals surface area (Å²) in [6, 6.07) is 19.3. The number of hydrogen-bond donors (Lipinski definition) is 0. The van der Waals surface area contributed by atoms with Crippen LogP contribution in [0.3, 0.4) is 0 Å². The molecule has 2 aromatic carbocycles. The fraction of sp³-hybridized carbons (Fsp3) is 0.211. The Labute approximate surface area is 161 Å². The van der Waals surface area contributed by atoms with E-state index in [-0.39, 0.29) is 18.1 Å². The van der Waals surface area contributed by atoms with E-state index in [0.29, 0.717) is 11.7 Å². The highest BCUT2D eigenvalue weighted by Crippen LogP contribution is 2.21. The zero-order valence-corrected chi connectivity index (χ0v) is 15.6. The van der Waals surface area contributed by atoms with Gasteiger partial charge in [-0.3, -0.25) is 4.79 Å². The lowest BCUT2D eigenvalue weighted by atomic mass is 10.2. The minimum Gasteiger partial charge on any atom is -0.311 e. The molecule has 0 radical (unpaired) electrons. The third kappa shape index (κ3) is 4.71. The van der Waals surface area contributed by atoms with Crippen LogP contribution in [0.15, 0.2) is 59.8 Å². The van der Waals surface area contributed by atoms with Crippen LogP contribution in [0.5, 0.6) is 0 Å². The highest BCUT2D eigenvalue weighted by atomic mass is 32.2. The van der Waals surface area contributed by atoms with Gasteiger partial charge < -0.3 is 4.90 Å². The summed E-state index contributed by atoms with van der Waals surface area (Å²) in [4.78, 5) is 14.4. The number of nitrogens with zero attached hydrogens (tertiary/aromatic N) is 6. The van der Waals surface area contributed by atoms with Crippen LogP contribution < -0.4 is 4.90 Å². The molecule has 27 heavy (non-hydrogen) atoms. The minimum absolute atomic E-state index is 0.0956. The summed E-state index contributed by atoms with van der Waals surface area (Å²) in [6.45, 7) is 2.34. The van der Waals surface area contributed by atoms with Crippen LogP contribution in [-0.2, 0) is 4.79 Å². The molecule has 0 spiro atoms. The van der Waals surface area contributed by atoms with Crippen LogP contribution in [0.4, 0.5) is 5.69 Å². The largest absolute Gasteiger partial charge is 0.311 e. The molecular formula is C19H18N6OS. The van der Waals surface area contributed by atoms with Crippen molar-refractivity contribution in [3.63, 3.8) is 0 Å². The lowest BCUT2D eigenvalue weighted by Crippen LogP contribution is -2.33. The van der Waals surface area contributed by atoms with Crippen molar-refractivity contribution in [2.45, 2.75) is 18.5 Å². The van der Waals surface area contributed by atoms with Gasteiger partial charge in [-0.1, -0.05) is 47.7 Å². The summed E-state index contributed by atoms with van der Waals surface area (Å²) in [7, 11) is 0. The fourth-order valence-electron chi connectivity index (χ4n) is 2.49. The topological polar surface area (TPSA) is 87.7 Å². The molecule has 136 valence electrons. The number of hydrogen-bond acceptors (Lipinski definition) is 6. The Balaban J connectivity index is 1.72. The Kier molecular flexibility index (Phi) is 6.18. The monoisotopic (exact) mass is 378 g/mol. The van der Waals surface area contributed by atoms with Crippen LogP contribution in [0.25, 0.3) is 5.69 Å². The molecule has 0 atom stereocenters. The van der Waals surface area contributed by atoms with Crippen LogP contribution in [-0.4, -0.2) is 38.4 Å². The maximum atomic E-state index is 12.8. The van der Waals surface area contributed by atoms with Crippen molar-refractivity contribution >= 4 is 23.4 Å². The predicted octanol–water partition coefficient (Wildman–Crippen LogP) is 3.01. The number of anilines is 1. The SMILES string of the molecule is Cc1ccc(N(CCC#N)C(=O)CSc2nnnn2-c2ccccc2)cc1. The molecule has 8 heteroatoms. The van der Waals surface area contributed by atoms with Gasteiger partial charge in [-0.15, -0.1) is 5.10 Å². The van der Waals surface area contributed by atoms with Gasteiger partial charge in [0, 0.05) is 12.2 Å². The molecule has 0 bridgehead atoms. The van der Waals surface area contributed by atoms with Crippen LogP contribution >= 0.6 is 11.8 Å². The number of benzene rings is 2. The molecule has 1 heterocycles. The quantitative estimate of drug-likeness (QED) is 0.587. The van der Waals surface area contributed by atoms with E-state index in [1.807, 2.05) is 61.5 Å². The second kappa shape index (κ2) is 8.96. The Morgan fingerprint density at radius 1 is 1.19 bits per heavy atom. The van der Waals surface area contributed by atoms with Gasteiger partial charge in [-0.25, -0.2) is 0 Å². The Bertz CT molecular complexity index is 933. The number of amides is 1. The molecule has 0 unspecified atom stereocenters. The molecule has 0 aliphatic heterocycles. The predicted molar refractivity (Wildman–Crippen MR) is 104 cm³/mol. The first-order valence-electron chi connectivity index (χ1n) is 8.39. The summed E-state index contributed by atoms with van der Waals surface area (Å²) in [5.41, 5.74) is 2.73. The van der Waals surface area contributed by atoms with Gasteiger partial charge in [-0.2, -0.15) is 9.94 Å². The van der Waals surface area contributed by atoms with E-state index < -0.39 is 0 Å². The molecular weight excluding hydrogens is 360 g/mol. The Morgan fingerprint density at radius 3 is 2.63 bits per heavy atom. The number of thioether (sulfide) groups is 1. The number of nitriles is 1. The highest BCUT2D eigenvalue weighted by molar-refractivity contribution is 7.99. The maximum Gasteiger partial charge on any atom is 0.237 e. The van der Waals surface area contributed by atoms with Gasteiger partial charge in [-0.05, 0) is 41.6 Å². The molecule has 0 saturated carbocycles. The van der Waals surface area contributed by atoms with Crippen molar-refractivity contribution < 1.29 is 4.79 Å². The average Bonchev–Trinajstić information content (AvgIpc) is 3.17. The highest BCUT2D eigenvalue weighted by Gasteiger charge is 2.18.